The van der Waals surface area contributed by atoms with E-state index in [-0.39, 0.29) is 12.3 Å². The van der Waals surface area contributed by atoms with Gasteiger partial charge in [0.15, 0.2) is 6.73 Å². The summed E-state index contributed by atoms with van der Waals surface area (Å²) in [5.41, 5.74) is 1.89. The predicted octanol–water partition coefficient (Wildman–Crippen LogP) is 3.33. The van der Waals surface area contributed by atoms with Gasteiger partial charge in [0.1, 0.15) is 10.4 Å². The van der Waals surface area contributed by atoms with Gasteiger partial charge in [0.05, 0.1) is 5.39 Å². The van der Waals surface area contributed by atoms with Crippen molar-refractivity contribution in [2.24, 2.45) is 0 Å². The highest BCUT2D eigenvalue weighted by molar-refractivity contribution is 7.12. The van der Waals surface area contributed by atoms with Gasteiger partial charge in [0.25, 0.3) is 5.56 Å². The third kappa shape index (κ3) is 3.00. The van der Waals surface area contributed by atoms with Gasteiger partial charge < -0.3 is 4.74 Å². The molecule has 2 heterocycles. The lowest BCUT2D eigenvalue weighted by Crippen LogP contribution is -2.26. The van der Waals surface area contributed by atoms with E-state index in [9.17, 15) is 9.59 Å². The molecule has 0 atom stereocenters. The molecular formula is C19H13N3O3S. The summed E-state index contributed by atoms with van der Waals surface area (Å²) < 4.78 is 6.33. The number of carbonyl (C=O) groups excluding carboxylic acids is 1. The summed E-state index contributed by atoms with van der Waals surface area (Å²) in [7, 11) is 0. The van der Waals surface area contributed by atoms with Gasteiger partial charge in [-0.2, -0.15) is 4.68 Å². The topological polar surface area (TPSA) is 74.1 Å². The number of hydrogen-bond donors (Lipinski definition) is 0. The highest BCUT2D eigenvalue weighted by Gasteiger charge is 2.16. The Morgan fingerprint density at radius 1 is 1.04 bits per heavy atom. The van der Waals surface area contributed by atoms with Gasteiger partial charge in [0.2, 0.25) is 0 Å². The maximum atomic E-state index is 12.5. The Kier molecular flexibility index (Phi) is 4.28. The van der Waals surface area contributed by atoms with E-state index in [1.807, 2.05) is 41.8 Å². The SMILES string of the molecule is O=C(OCn1nnc2ccccc2c1=O)c1sccc1-c1ccccc1. The van der Waals surface area contributed by atoms with Crippen molar-refractivity contribution in [3.05, 3.63) is 81.3 Å². The molecule has 4 aromatic rings. The van der Waals surface area contributed by atoms with Crippen LogP contribution in [0.1, 0.15) is 9.67 Å². The molecule has 0 spiro atoms. The number of rotatable bonds is 4. The number of benzene rings is 2. The summed E-state index contributed by atoms with van der Waals surface area (Å²) in [5.74, 6) is -0.499. The number of nitrogens with zero attached hydrogens (tertiary/aromatic N) is 3. The standard InChI is InChI=1S/C19H13N3O3S/c23-18-15-8-4-5-9-16(15)20-21-22(18)12-25-19(24)17-14(10-11-26-17)13-6-2-1-3-7-13/h1-11H,12H2. The van der Waals surface area contributed by atoms with Crippen LogP contribution in [0.15, 0.2) is 70.8 Å². The maximum absolute atomic E-state index is 12.5. The molecule has 0 radical (unpaired) electrons. The largest absolute Gasteiger partial charge is 0.438 e. The van der Waals surface area contributed by atoms with E-state index >= 15 is 0 Å². The molecular weight excluding hydrogens is 350 g/mol. The number of ether oxygens (including phenoxy) is 1. The van der Waals surface area contributed by atoms with Crippen molar-refractivity contribution in [3.63, 3.8) is 0 Å². The van der Waals surface area contributed by atoms with E-state index in [2.05, 4.69) is 10.3 Å². The van der Waals surface area contributed by atoms with Crippen molar-refractivity contribution in [1.29, 1.82) is 0 Å². The molecule has 26 heavy (non-hydrogen) atoms. The highest BCUT2D eigenvalue weighted by atomic mass is 32.1. The van der Waals surface area contributed by atoms with Gasteiger partial charge in [-0.3, -0.25) is 4.79 Å². The van der Waals surface area contributed by atoms with Crippen LogP contribution in [-0.4, -0.2) is 21.0 Å². The van der Waals surface area contributed by atoms with Gasteiger partial charge in [-0.25, -0.2) is 4.79 Å². The molecule has 7 heteroatoms. The lowest BCUT2D eigenvalue weighted by Gasteiger charge is -2.07. The van der Waals surface area contributed by atoms with Crippen LogP contribution in [0.2, 0.25) is 0 Å². The number of aromatic nitrogens is 3. The number of thiophene rings is 1. The van der Waals surface area contributed by atoms with Crippen molar-refractivity contribution in [2.75, 3.05) is 0 Å². The number of esters is 1. The fourth-order valence-electron chi connectivity index (χ4n) is 2.61. The fraction of sp³-hybridized carbons (Fsp3) is 0.0526. The third-order valence-corrected chi connectivity index (χ3v) is 4.78. The summed E-state index contributed by atoms with van der Waals surface area (Å²) in [4.78, 5) is 25.3. The Morgan fingerprint density at radius 3 is 2.65 bits per heavy atom. The van der Waals surface area contributed by atoms with Crippen molar-refractivity contribution in [3.8, 4) is 11.1 Å². The molecule has 0 aliphatic heterocycles. The lowest BCUT2D eigenvalue weighted by molar-refractivity contribution is 0.0343. The van der Waals surface area contributed by atoms with E-state index in [4.69, 9.17) is 4.74 Å². The van der Waals surface area contributed by atoms with Crippen molar-refractivity contribution >= 4 is 28.2 Å². The molecule has 0 bridgehead atoms. The predicted molar refractivity (Wildman–Crippen MR) is 99.0 cm³/mol. The van der Waals surface area contributed by atoms with E-state index in [0.29, 0.717) is 15.8 Å². The molecule has 2 aromatic heterocycles. The van der Waals surface area contributed by atoms with Crippen LogP contribution in [0, 0.1) is 0 Å². The molecule has 0 aliphatic carbocycles. The summed E-state index contributed by atoms with van der Waals surface area (Å²) in [6.45, 7) is -0.290. The first kappa shape index (κ1) is 16.2. The van der Waals surface area contributed by atoms with E-state index in [1.54, 1.807) is 24.3 Å². The second kappa shape index (κ2) is 6.89. The van der Waals surface area contributed by atoms with Crippen LogP contribution >= 0.6 is 11.3 Å². The second-order valence-electron chi connectivity index (χ2n) is 5.50. The summed E-state index contributed by atoms with van der Waals surface area (Å²) in [6.07, 6.45) is 0. The normalized spacial score (nSPS) is 10.8. The monoisotopic (exact) mass is 363 g/mol. The van der Waals surface area contributed by atoms with Gasteiger partial charge in [-0.1, -0.05) is 47.7 Å². The minimum atomic E-state index is -0.499. The van der Waals surface area contributed by atoms with Crippen molar-refractivity contribution < 1.29 is 9.53 Å². The van der Waals surface area contributed by atoms with E-state index in [1.165, 1.54) is 11.3 Å². The molecule has 2 aromatic carbocycles. The first-order valence-electron chi connectivity index (χ1n) is 7.86. The average Bonchev–Trinajstić information content (AvgIpc) is 3.18. The first-order valence-corrected chi connectivity index (χ1v) is 8.74. The summed E-state index contributed by atoms with van der Waals surface area (Å²) >= 11 is 1.30. The molecule has 0 unspecified atom stereocenters. The number of hydrogen-bond acceptors (Lipinski definition) is 6. The molecule has 4 rings (SSSR count). The molecule has 128 valence electrons. The molecule has 0 N–H and O–H groups in total. The average molecular weight is 363 g/mol. The first-order chi connectivity index (χ1) is 12.7. The van der Waals surface area contributed by atoms with E-state index < -0.39 is 5.97 Å². The summed E-state index contributed by atoms with van der Waals surface area (Å²) in [6, 6.07) is 18.4. The molecule has 6 nitrogen and oxygen atoms in total. The maximum Gasteiger partial charge on any atom is 0.350 e. The van der Waals surface area contributed by atoms with E-state index in [0.717, 1.165) is 15.8 Å². The van der Waals surface area contributed by atoms with Crippen LogP contribution in [0.5, 0.6) is 0 Å². The highest BCUT2D eigenvalue weighted by Crippen LogP contribution is 2.28. The van der Waals surface area contributed by atoms with Gasteiger partial charge >= 0.3 is 5.97 Å². The van der Waals surface area contributed by atoms with Gasteiger partial charge in [-0.15, -0.1) is 16.4 Å². The van der Waals surface area contributed by atoms with Gasteiger partial charge in [0, 0.05) is 5.56 Å². The number of carbonyl (C=O) groups is 1. The molecule has 0 saturated carbocycles. The Morgan fingerprint density at radius 2 is 1.81 bits per heavy atom. The Bertz CT molecular complexity index is 1140. The number of fused-ring (bicyclic) bond motifs is 1. The Balaban J connectivity index is 1.57. The quantitative estimate of drug-likeness (QED) is 0.520. The molecule has 0 aliphatic rings. The minimum absolute atomic E-state index is 0.290. The third-order valence-electron chi connectivity index (χ3n) is 3.88. The Hall–Kier alpha value is -3.32. The minimum Gasteiger partial charge on any atom is -0.438 e. The lowest BCUT2D eigenvalue weighted by atomic mass is 10.1. The van der Waals surface area contributed by atoms with Crippen molar-refractivity contribution in [1.82, 2.24) is 15.0 Å². The van der Waals surface area contributed by atoms with Gasteiger partial charge in [-0.05, 0) is 29.1 Å². The Labute approximate surface area is 152 Å². The van der Waals surface area contributed by atoms with Crippen LogP contribution in [0.25, 0.3) is 22.0 Å². The zero-order chi connectivity index (χ0) is 17.9. The molecule has 0 amide bonds. The van der Waals surface area contributed by atoms with Crippen LogP contribution in [-0.2, 0) is 11.5 Å². The van der Waals surface area contributed by atoms with Crippen LogP contribution in [0.4, 0.5) is 0 Å². The zero-order valence-corrected chi connectivity index (χ0v) is 14.3. The van der Waals surface area contributed by atoms with Crippen molar-refractivity contribution in [2.45, 2.75) is 6.73 Å². The van der Waals surface area contributed by atoms with Crippen LogP contribution in [0.3, 0.4) is 0 Å². The molecule has 0 saturated heterocycles. The smallest absolute Gasteiger partial charge is 0.350 e. The van der Waals surface area contributed by atoms with Crippen LogP contribution < -0.4 is 5.56 Å². The summed E-state index contributed by atoms with van der Waals surface area (Å²) in [5, 5.41) is 10.1. The fourth-order valence-corrected chi connectivity index (χ4v) is 3.41. The molecule has 0 fully saturated rings. The zero-order valence-electron chi connectivity index (χ0n) is 13.5. The second-order valence-corrected chi connectivity index (χ2v) is 6.42.